The van der Waals surface area contributed by atoms with Gasteiger partial charge in [0.1, 0.15) is 30.3 Å². The number of halogens is 1. The molecule has 0 unspecified atom stereocenters. The van der Waals surface area contributed by atoms with Gasteiger partial charge in [0, 0.05) is 23.5 Å². The Balaban J connectivity index is 1.30. The summed E-state index contributed by atoms with van der Waals surface area (Å²) in [5.41, 5.74) is 3.81. The Labute approximate surface area is 199 Å². The van der Waals surface area contributed by atoms with Gasteiger partial charge in [-0.1, -0.05) is 30.3 Å². The maximum Gasteiger partial charge on any atom is 0.226 e. The summed E-state index contributed by atoms with van der Waals surface area (Å²) in [6.45, 7) is 2.06. The van der Waals surface area contributed by atoms with E-state index >= 15 is 0 Å². The molecule has 1 N–H and O–H groups in total. The van der Waals surface area contributed by atoms with Crippen LogP contribution in [-0.2, 0) is 11.4 Å². The van der Waals surface area contributed by atoms with Gasteiger partial charge in [-0.05, 0) is 42.8 Å². The van der Waals surface area contributed by atoms with Gasteiger partial charge in [-0.3, -0.25) is 4.79 Å². The molecule has 174 valence electrons. The summed E-state index contributed by atoms with van der Waals surface area (Å²) in [6.07, 6.45) is 1.81. The van der Waals surface area contributed by atoms with E-state index in [1.807, 2.05) is 31.2 Å². The molecule has 0 bridgehead atoms. The van der Waals surface area contributed by atoms with Crippen LogP contribution in [0.4, 0.5) is 10.2 Å². The second-order valence-corrected chi connectivity index (χ2v) is 8.34. The predicted octanol–water partition coefficient (Wildman–Crippen LogP) is 3.81. The van der Waals surface area contributed by atoms with Crippen LogP contribution in [0.25, 0.3) is 11.5 Å². The standard InChI is InChI=1S/C25H20FN7O2/c1-15-24-19(16-6-8-18(9-7-16)35-13-17-4-2-3-5-20(17)26)12-23(34)28-25(24)33(30-15)22-11-10-21-29-27-14-32(21)31-22/h2-11,14,19H,12-13H2,1H3,(H,28,34)/t19-/m0/s1. The summed E-state index contributed by atoms with van der Waals surface area (Å²) >= 11 is 0. The molecule has 0 fully saturated rings. The first kappa shape index (κ1) is 21.0. The van der Waals surface area contributed by atoms with Crippen molar-refractivity contribution < 1.29 is 13.9 Å². The molecule has 0 aliphatic carbocycles. The van der Waals surface area contributed by atoms with Gasteiger partial charge in [0.05, 0.1) is 5.69 Å². The number of nitrogens with zero attached hydrogens (tertiary/aromatic N) is 6. The summed E-state index contributed by atoms with van der Waals surface area (Å²) in [6, 6.07) is 17.7. The molecular weight excluding hydrogens is 449 g/mol. The predicted molar refractivity (Wildman–Crippen MR) is 125 cm³/mol. The monoisotopic (exact) mass is 469 g/mol. The number of benzene rings is 2. The fraction of sp³-hybridized carbons (Fsp3) is 0.160. The lowest BCUT2D eigenvalue weighted by atomic mass is 9.86. The number of aryl methyl sites for hydroxylation is 1. The highest BCUT2D eigenvalue weighted by Crippen LogP contribution is 2.40. The molecule has 1 aliphatic heterocycles. The summed E-state index contributed by atoms with van der Waals surface area (Å²) in [5.74, 6) is 1.19. The van der Waals surface area contributed by atoms with Gasteiger partial charge >= 0.3 is 0 Å². The van der Waals surface area contributed by atoms with Gasteiger partial charge in [-0.15, -0.1) is 15.3 Å². The maximum absolute atomic E-state index is 13.9. The van der Waals surface area contributed by atoms with E-state index in [0.717, 1.165) is 16.8 Å². The molecule has 2 aromatic carbocycles. The summed E-state index contributed by atoms with van der Waals surface area (Å²) < 4.78 is 22.8. The highest BCUT2D eigenvalue weighted by atomic mass is 19.1. The van der Waals surface area contributed by atoms with Crippen LogP contribution in [0.2, 0.25) is 0 Å². The van der Waals surface area contributed by atoms with Crippen LogP contribution in [0, 0.1) is 12.7 Å². The Morgan fingerprint density at radius 2 is 1.91 bits per heavy atom. The molecule has 5 aromatic rings. The Morgan fingerprint density at radius 1 is 1.09 bits per heavy atom. The summed E-state index contributed by atoms with van der Waals surface area (Å²) in [7, 11) is 0. The normalized spacial score (nSPS) is 15.1. The molecule has 1 amide bonds. The number of hydrogen-bond acceptors (Lipinski definition) is 6. The molecular formula is C25H20FN7O2. The van der Waals surface area contributed by atoms with E-state index in [1.54, 1.807) is 39.5 Å². The Morgan fingerprint density at radius 3 is 2.74 bits per heavy atom. The van der Waals surface area contributed by atoms with Crippen LogP contribution < -0.4 is 10.1 Å². The van der Waals surface area contributed by atoms with Crippen molar-refractivity contribution in [3.05, 3.63) is 95.2 Å². The first-order valence-electron chi connectivity index (χ1n) is 11.1. The lowest BCUT2D eigenvalue weighted by Crippen LogP contribution is -2.25. The van der Waals surface area contributed by atoms with Crippen LogP contribution in [0.3, 0.4) is 0 Å². The third-order valence-electron chi connectivity index (χ3n) is 6.10. The topological polar surface area (TPSA) is 99.2 Å². The van der Waals surface area contributed by atoms with Crippen molar-refractivity contribution in [1.29, 1.82) is 0 Å². The molecule has 1 atom stereocenters. The first-order valence-corrected chi connectivity index (χ1v) is 11.1. The van der Waals surface area contributed by atoms with E-state index in [0.29, 0.717) is 35.0 Å². The van der Waals surface area contributed by atoms with Crippen LogP contribution in [0.1, 0.15) is 34.7 Å². The minimum absolute atomic E-state index is 0.103. The van der Waals surface area contributed by atoms with Crippen LogP contribution >= 0.6 is 0 Å². The van der Waals surface area contributed by atoms with Crippen LogP contribution in [0.5, 0.6) is 5.75 Å². The van der Waals surface area contributed by atoms with E-state index in [9.17, 15) is 9.18 Å². The fourth-order valence-electron chi connectivity index (χ4n) is 4.40. The number of rotatable bonds is 5. The van der Waals surface area contributed by atoms with Crippen molar-refractivity contribution in [2.75, 3.05) is 5.32 Å². The Hall–Kier alpha value is -4.60. The number of ether oxygens (including phenoxy) is 1. The SMILES string of the molecule is Cc1nn(-c2ccc3nncn3n2)c2c1[C@H](c1ccc(OCc3ccccc3F)cc1)CC(=O)N2. The van der Waals surface area contributed by atoms with Gasteiger partial charge in [0.25, 0.3) is 0 Å². The molecule has 10 heteroatoms. The zero-order chi connectivity index (χ0) is 23.9. The minimum atomic E-state index is -0.296. The number of aromatic nitrogens is 6. The maximum atomic E-state index is 13.9. The largest absolute Gasteiger partial charge is 0.489 e. The average molecular weight is 469 g/mol. The van der Waals surface area contributed by atoms with E-state index < -0.39 is 0 Å². The fourth-order valence-corrected chi connectivity index (χ4v) is 4.40. The van der Waals surface area contributed by atoms with Crippen molar-refractivity contribution in [2.45, 2.75) is 25.9 Å². The first-order chi connectivity index (χ1) is 17.1. The van der Waals surface area contributed by atoms with Crippen molar-refractivity contribution in [3.63, 3.8) is 0 Å². The number of anilines is 1. The van der Waals surface area contributed by atoms with Gasteiger partial charge in [-0.25, -0.2) is 4.39 Å². The molecule has 4 heterocycles. The van der Waals surface area contributed by atoms with Crippen molar-refractivity contribution in [1.82, 2.24) is 29.6 Å². The molecule has 0 saturated heterocycles. The highest BCUT2D eigenvalue weighted by Gasteiger charge is 2.33. The van der Waals surface area contributed by atoms with Crippen molar-refractivity contribution >= 4 is 17.4 Å². The second kappa shape index (κ2) is 8.32. The second-order valence-electron chi connectivity index (χ2n) is 8.34. The molecule has 0 radical (unpaired) electrons. The lowest BCUT2D eigenvalue weighted by molar-refractivity contribution is -0.116. The number of carbonyl (C=O) groups excluding carboxylic acids is 1. The molecule has 0 saturated carbocycles. The Bertz CT molecular complexity index is 1560. The number of amides is 1. The van der Waals surface area contributed by atoms with Crippen molar-refractivity contribution in [3.8, 4) is 11.6 Å². The van der Waals surface area contributed by atoms with Crippen molar-refractivity contribution in [2.24, 2.45) is 0 Å². The third-order valence-corrected chi connectivity index (χ3v) is 6.10. The van der Waals surface area contributed by atoms with E-state index in [1.165, 1.54) is 12.4 Å². The Kier molecular flexibility index (Phi) is 4.98. The quantitative estimate of drug-likeness (QED) is 0.420. The smallest absolute Gasteiger partial charge is 0.226 e. The van der Waals surface area contributed by atoms with Crippen LogP contribution in [0.15, 0.2) is 67.0 Å². The average Bonchev–Trinajstić information content (AvgIpc) is 3.47. The molecule has 1 aliphatic rings. The zero-order valence-electron chi connectivity index (χ0n) is 18.7. The van der Waals surface area contributed by atoms with E-state index in [2.05, 4.69) is 25.7 Å². The molecule has 35 heavy (non-hydrogen) atoms. The molecule has 9 nitrogen and oxygen atoms in total. The van der Waals surface area contributed by atoms with Gasteiger partial charge in [-0.2, -0.15) is 14.3 Å². The van der Waals surface area contributed by atoms with Crippen LogP contribution in [-0.4, -0.2) is 35.5 Å². The molecule has 0 spiro atoms. The van der Waals surface area contributed by atoms with Gasteiger partial charge < -0.3 is 10.1 Å². The third kappa shape index (κ3) is 3.78. The number of carbonyl (C=O) groups is 1. The number of nitrogens with one attached hydrogen (secondary N) is 1. The number of hydrogen-bond donors (Lipinski definition) is 1. The molecule has 6 rings (SSSR count). The molecule has 3 aromatic heterocycles. The highest BCUT2D eigenvalue weighted by molar-refractivity contribution is 5.95. The van der Waals surface area contributed by atoms with E-state index in [4.69, 9.17) is 4.74 Å². The number of fused-ring (bicyclic) bond motifs is 2. The summed E-state index contributed by atoms with van der Waals surface area (Å²) in [4.78, 5) is 12.7. The minimum Gasteiger partial charge on any atom is -0.489 e. The van der Waals surface area contributed by atoms with Gasteiger partial charge in [0.2, 0.25) is 5.91 Å². The summed E-state index contributed by atoms with van der Waals surface area (Å²) in [5, 5.41) is 20.0. The lowest BCUT2D eigenvalue weighted by Gasteiger charge is -2.24. The van der Waals surface area contributed by atoms with E-state index in [-0.39, 0.29) is 24.2 Å². The zero-order valence-corrected chi connectivity index (χ0v) is 18.7. The van der Waals surface area contributed by atoms with Gasteiger partial charge in [0.15, 0.2) is 11.5 Å².